The van der Waals surface area contributed by atoms with Crippen LogP contribution >= 0.6 is 0 Å². The SMILES string of the molecule is CC(C)(F)C1CCC(Nc2ccnc(C[C@@H](F)C(C)(C)O)c2C(N)=O)CC1. The molecule has 27 heavy (non-hydrogen) atoms. The molecule has 152 valence electrons. The molecular weight excluding hydrogens is 352 g/mol. The monoisotopic (exact) mass is 383 g/mol. The van der Waals surface area contributed by atoms with Gasteiger partial charge >= 0.3 is 0 Å². The second kappa shape index (κ2) is 8.09. The van der Waals surface area contributed by atoms with Crippen molar-refractivity contribution in [3.05, 3.63) is 23.5 Å². The number of amides is 1. The number of anilines is 1. The lowest BCUT2D eigenvalue weighted by molar-refractivity contribution is -0.00307. The Balaban J connectivity index is 2.16. The molecule has 1 aromatic heterocycles. The van der Waals surface area contributed by atoms with Gasteiger partial charge in [-0.15, -0.1) is 0 Å². The number of nitrogens with zero attached hydrogens (tertiary/aromatic N) is 1. The van der Waals surface area contributed by atoms with Crippen LogP contribution in [0.25, 0.3) is 0 Å². The van der Waals surface area contributed by atoms with E-state index in [0.717, 1.165) is 25.7 Å². The highest BCUT2D eigenvalue weighted by Crippen LogP contribution is 2.36. The number of hydrogen-bond acceptors (Lipinski definition) is 4. The molecule has 0 unspecified atom stereocenters. The van der Waals surface area contributed by atoms with Crippen molar-refractivity contribution in [3.63, 3.8) is 0 Å². The van der Waals surface area contributed by atoms with Gasteiger partial charge in [0.1, 0.15) is 11.8 Å². The summed E-state index contributed by atoms with van der Waals surface area (Å²) in [4.78, 5) is 16.1. The fraction of sp³-hybridized carbons (Fsp3) is 0.700. The number of carbonyl (C=O) groups is 1. The molecule has 0 bridgehead atoms. The normalized spacial score (nSPS) is 22.3. The molecule has 1 amide bonds. The molecule has 1 atom stereocenters. The summed E-state index contributed by atoms with van der Waals surface area (Å²) in [6.45, 7) is 5.96. The Labute approximate surface area is 159 Å². The zero-order valence-electron chi connectivity index (χ0n) is 16.6. The Kier molecular flexibility index (Phi) is 6.45. The van der Waals surface area contributed by atoms with Crippen LogP contribution in [0.1, 0.15) is 69.4 Å². The largest absolute Gasteiger partial charge is 0.387 e. The van der Waals surface area contributed by atoms with Gasteiger partial charge in [-0.3, -0.25) is 9.78 Å². The Bertz CT molecular complexity index is 660. The standard InChI is InChI=1S/C20H31F2N3O2/c1-19(2,22)12-5-7-13(8-6-12)25-14-9-10-24-15(17(14)18(23)26)11-16(21)20(3,4)27/h9-10,12-13,16,27H,5-8,11H2,1-4H3,(H2,23,26)(H,24,25)/t12?,13?,16-/m1/s1. The topological polar surface area (TPSA) is 88.2 Å². The molecule has 2 rings (SSSR count). The molecule has 7 heteroatoms. The van der Waals surface area contributed by atoms with Gasteiger partial charge < -0.3 is 16.2 Å². The van der Waals surface area contributed by atoms with Crippen molar-refractivity contribution in [2.24, 2.45) is 11.7 Å². The van der Waals surface area contributed by atoms with Gasteiger partial charge in [-0.1, -0.05) is 0 Å². The third-order valence-electron chi connectivity index (χ3n) is 5.47. The number of aliphatic hydroxyl groups is 1. The van der Waals surface area contributed by atoms with Crippen molar-refractivity contribution < 1.29 is 18.7 Å². The zero-order chi connectivity index (χ0) is 20.4. The molecule has 1 aliphatic rings. The van der Waals surface area contributed by atoms with Gasteiger partial charge in [-0.2, -0.15) is 0 Å². The lowest BCUT2D eigenvalue weighted by atomic mass is 9.78. The predicted octanol–water partition coefficient (Wildman–Crippen LogP) is 3.55. The maximum absolute atomic E-state index is 14.3. The van der Waals surface area contributed by atoms with Gasteiger partial charge in [0.2, 0.25) is 0 Å². The summed E-state index contributed by atoms with van der Waals surface area (Å²) >= 11 is 0. The third kappa shape index (κ3) is 5.61. The number of alkyl halides is 2. The number of nitrogens with two attached hydrogens (primary N) is 1. The van der Waals surface area contributed by atoms with E-state index in [9.17, 15) is 18.7 Å². The molecule has 1 aliphatic carbocycles. The first-order valence-corrected chi connectivity index (χ1v) is 9.49. The summed E-state index contributed by atoms with van der Waals surface area (Å²) in [5.74, 6) is -0.666. The summed E-state index contributed by atoms with van der Waals surface area (Å²) in [5, 5.41) is 13.1. The summed E-state index contributed by atoms with van der Waals surface area (Å²) < 4.78 is 28.4. The fourth-order valence-electron chi connectivity index (χ4n) is 3.62. The van der Waals surface area contributed by atoms with E-state index in [1.54, 1.807) is 19.9 Å². The molecule has 4 N–H and O–H groups in total. The molecule has 0 saturated heterocycles. The van der Waals surface area contributed by atoms with Gasteiger partial charge in [0, 0.05) is 18.7 Å². The molecule has 1 fully saturated rings. The van der Waals surface area contributed by atoms with Crippen LogP contribution in [0.2, 0.25) is 0 Å². The molecule has 0 aliphatic heterocycles. The van der Waals surface area contributed by atoms with E-state index in [0.29, 0.717) is 5.69 Å². The number of pyridine rings is 1. The third-order valence-corrected chi connectivity index (χ3v) is 5.47. The minimum Gasteiger partial charge on any atom is -0.387 e. The van der Waals surface area contributed by atoms with E-state index in [1.807, 2.05) is 0 Å². The maximum atomic E-state index is 14.3. The minimum atomic E-state index is -1.58. The van der Waals surface area contributed by atoms with Crippen molar-refractivity contribution in [2.75, 3.05) is 5.32 Å². The van der Waals surface area contributed by atoms with E-state index in [4.69, 9.17) is 5.73 Å². The van der Waals surface area contributed by atoms with Crippen LogP contribution in [0.5, 0.6) is 0 Å². The van der Waals surface area contributed by atoms with Gasteiger partial charge in [0.05, 0.1) is 22.5 Å². The second-order valence-electron chi connectivity index (χ2n) is 8.63. The van der Waals surface area contributed by atoms with E-state index in [1.165, 1.54) is 20.0 Å². The Morgan fingerprint density at radius 1 is 1.33 bits per heavy atom. The van der Waals surface area contributed by atoms with E-state index >= 15 is 0 Å². The Morgan fingerprint density at radius 2 is 1.93 bits per heavy atom. The highest BCUT2D eigenvalue weighted by molar-refractivity contribution is 5.99. The summed E-state index contributed by atoms with van der Waals surface area (Å²) in [6, 6.07) is 1.74. The zero-order valence-corrected chi connectivity index (χ0v) is 16.6. The lowest BCUT2D eigenvalue weighted by Gasteiger charge is -2.35. The van der Waals surface area contributed by atoms with Crippen molar-refractivity contribution in [3.8, 4) is 0 Å². The molecule has 0 aromatic carbocycles. The maximum Gasteiger partial charge on any atom is 0.252 e. The van der Waals surface area contributed by atoms with Crippen molar-refractivity contribution in [1.82, 2.24) is 4.98 Å². The number of halogens is 2. The molecular formula is C20H31F2N3O2. The van der Waals surface area contributed by atoms with E-state index in [-0.39, 0.29) is 29.6 Å². The molecule has 1 aromatic rings. The highest BCUT2D eigenvalue weighted by Gasteiger charge is 2.34. The molecule has 1 heterocycles. The first-order valence-electron chi connectivity index (χ1n) is 9.49. The molecule has 0 radical (unpaired) electrons. The summed E-state index contributed by atoms with van der Waals surface area (Å²) in [5.41, 5.74) is 3.68. The Morgan fingerprint density at radius 3 is 2.41 bits per heavy atom. The quantitative estimate of drug-likeness (QED) is 0.672. The number of hydrogen-bond donors (Lipinski definition) is 3. The smallest absolute Gasteiger partial charge is 0.252 e. The number of nitrogens with one attached hydrogen (secondary N) is 1. The highest BCUT2D eigenvalue weighted by atomic mass is 19.1. The predicted molar refractivity (Wildman–Crippen MR) is 102 cm³/mol. The summed E-state index contributed by atoms with van der Waals surface area (Å²) in [7, 11) is 0. The second-order valence-corrected chi connectivity index (χ2v) is 8.63. The minimum absolute atomic E-state index is 0.0262. The van der Waals surface area contributed by atoms with Gasteiger partial charge in [-0.25, -0.2) is 8.78 Å². The molecule has 0 spiro atoms. The van der Waals surface area contributed by atoms with Crippen LogP contribution in [0.4, 0.5) is 14.5 Å². The number of primary amides is 1. The van der Waals surface area contributed by atoms with Crippen LogP contribution in [-0.4, -0.2) is 39.5 Å². The Hall–Kier alpha value is -1.76. The van der Waals surface area contributed by atoms with Gasteiger partial charge in [0.25, 0.3) is 5.91 Å². The fourth-order valence-corrected chi connectivity index (χ4v) is 3.62. The first-order chi connectivity index (χ1) is 12.4. The van der Waals surface area contributed by atoms with Crippen LogP contribution < -0.4 is 11.1 Å². The van der Waals surface area contributed by atoms with Crippen LogP contribution in [0.3, 0.4) is 0 Å². The average Bonchev–Trinajstić information content (AvgIpc) is 2.53. The molecule has 5 nitrogen and oxygen atoms in total. The van der Waals surface area contributed by atoms with Gasteiger partial charge in [0.15, 0.2) is 0 Å². The molecule has 1 saturated carbocycles. The lowest BCUT2D eigenvalue weighted by Crippen LogP contribution is -2.36. The van der Waals surface area contributed by atoms with E-state index < -0.39 is 23.3 Å². The van der Waals surface area contributed by atoms with Crippen LogP contribution in [0.15, 0.2) is 12.3 Å². The number of aromatic nitrogens is 1. The number of rotatable bonds is 7. The summed E-state index contributed by atoms with van der Waals surface area (Å²) in [6.07, 6.45) is 2.79. The first kappa shape index (κ1) is 21.5. The van der Waals surface area contributed by atoms with Crippen molar-refractivity contribution in [2.45, 2.75) is 83.3 Å². The van der Waals surface area contributed by atoms with Crippen LogP contribution in [-0.2, 0) is 6.42 Å². The van der Waals surface area contributed by atoms with Crippen molar-refractivity contribution in [1.29, 1.82) is 0 Å². The van der Waals surface area contributed by atoms with Gasteiger partial charge in [-0.05, 0) is 65.4 Å². The van der Waals surface area contributed by atoms with E-state index in [2.05, 4.69) is 10.3 Å². The average molecular weight is 383 g/mol. The van der Waals surface area contributed by atoms with Crippen LogP contribution in [0, 0.1) is 5.92 Å². The number of carbonyl (C=O) groups excluding carboxylic acids is 1. The van der Waals surface area contributed by atoms with Crippen molar-refractivity contribution >= 4 is 11.6 Å².